The minimum absolute atomic E-state index is 0.113. The lowest BCUT2D eigenvalue weighted by Gasteiger charge is -2.07. The van der Waals surface area contributed by atoms with E-state index < -0.39 is 0 Å². The number of pyridine rings is 1. The van der Waals surface area contributed by atoms with Crippen LogP contribution in [0.2, 0.25) is 0 Å². The van der Waals surface area contributed by atoms with Crippen molar-refractivity contribution < 1.29 is 9.32 Å². The molecule has 3 heterocycles. The molecule has 0 fully saturated rings. The molecule has 3 aromatic rings. The van der Waals surface area contributed by atoms with E-state index in [9.17, 15) is 4.79 Å². The average molecular weight is 358 g/mol. The van der Waals surface area contributed by atoms with Crippen molar-refractivity contribution >= 4 is 23.5 Å². The van der Waals surface area contributed by atoms with Crippen LogP contribution in [0.5, 0.6) is 0 Å². The summed E-state index contributed by atoms with van der Waals surface area (Å²) in [5, 5.41) is 15.7. The molecule has 8 nitrogen and oxygen atoms in total. The van der Waals surface area contributed by atoms with Crippen LogP contribution >= 0.6 is 11.8 Å². The van der Waals surface area contributed by atoms with Crippen molar-refractivity contribution in [2.45, 2.75) is 32.0 Å². The van der Waals surface area contributed by atoms with Gasteiger partial charge in [-0.25, -0.2) is 0 Å². The topological polar surface area (TPSA) is 98.7 Å². The van der Waals surface area contributed by atoms with Crippen molar-refractivity contribution in [2.24, 2.45) is 0 Å². The molecule has 3 rings (SSSR count). The van der Waals surface area contributed by atoms with Gasteiger partial charge in [0.25, 0.3) is 0 Å². The summed E-state index contributed by atoms with van der Waals surface area (Å²) in [5.41, 5.74) is 0.968. The van der Waals surface area contributed by atoms with Crippen LogP contribution in [0.25, 0.3) is 11.4 Å². The first-order valence-electron chi connectivity index (χ1n) is 7.87. The molecular weight excluding hydrogens is 340 g/mol. The summed E-state index contributed by atoms with van der Waals surface area (Å²) in [6.45, 7) is 4.56. The highest BCUT2D eigenvalue weighted by Gasteiger charge is 2.14. The van der Waals surface area contributed by atoms with Crippen LogP contribution in [0.1, 0.15) is 19.1 Å². The summed E-state index contributed by atoms with van der Waals surface area (Å²) in [6, 6.07) is 5.48. The highest BCUT2D eigenvalue weighted by Crippen LogP contribution is 2.24. The SMILES string of the molecule is CCn1c(SCCC(=O)Nc2cc(C)on2)nnc1-c1ccncc1. The number of thioether (sulfide) groups is 1. The number of nitrogens with one attached hydrogen (secondary N) is 1. The van der Waals surface area contributed by atoms with Crippen molar-refractivity contribution in [3.8, 4) is 11.4 Å². The second-order valence-corrected chi connectivity index (χ2v) is 6.32. The number of aryl methyl sites for hydroxylation is 1. The van der Waals surface area contributed by atoms with E-state index in [1.165, 1.54) is 11.8 Å². The molecule has 0 aliphatic carbocycles. The molecule has 9 heteroatoms. The van der Waals surface area contributed by atoms with Crippen molar-refractivity contribution in [3.05, 3.63) is 36.4 Å². The van der Waals surface area contributed by atoms with Crippen LogP contribution in [0.4, 0.5) is 5.82 Å². The molecular formula is C16H18N6O2S. The quantitative estimate of drug-likeness (QED) is 0.648. The number of amides is 1. The maximum absolute atomic E-state index is 11.9. The number of rotatable bonds is 7. The zero-order valence-electron chi connectivity index (χ0n) is 14.0. The van der Waals surface area contributed by atoms with Crippen molar-refractivity contribution in [1.82, 2.24) is 24.9 Å². The van der Waals surface area contributed by atoms with Gasteiger partial charge in [-0.05, 0) is 26.0 Å². The first kappa shape index (κ1) is 17.2. The Labute approximate surface area is 149 Å². The largest absolute Gasteiger partial charge is 0.360 e. The third-order valence-electron chi connectivity index (χ3n) is 3.43. The summed E-state index contributed by atoms with van der Waals surface area (Å²) in [7, 11) is 0. The lowest BCUT2D eigenvalue weighted by molar-refractivity contribution is -0.115. The summed E-state index contributed by atoms with van der Waals surface area (Å²) >= 11 is 1.50. The summed E-state index contributed by atoms with van der Waals surface area (Å²) in [6.07, 6.45) is 3.80. The zero-order chi connectivity index (χ0) is 17.6. The Morgan fingerprint density at radius 2 is 2.12 bits per heavy atom. The zero-order valence-corrected chi connectivity index (χ0v) is 14.8. The number of nitrogens with zero attached hydrogens (tertiary/aromatic N) is 5. The van der Waals surface area contributed by atoms with E-state index in [2.05, 4.69) is 25.7 Å². The monoisotopic (exact) mass is 358 g/mol. The van der Waals surface area contributed by atoms with Gasteiger partial charge >= 0.3 is 0 Å². The number of hydrogen-bond acceptors (Lipinski definition) is 7. The second kappa shape index (κ2) is 7.93. The van der Waals surface area contributed by atoms with E-state index in [1.54, 1.807) is 25.4 Å². The molecule has 0 unspecified atom stereocenters. The first-order valence-corrected chi connectivity index (χ1v) is 8.85. The van der Waals surface area contributed by atoms with Crippen LogP contribution in [0.15, 0.2) is 40.3 Å². The average Bonchev–Trinajstić information content (AvgIpc) is 3.21. The maximum atomic E-state index is 11.9. The molecule has 0 atom stereocenters. The van der Waals surface area contributed by atoms with Crippen LogP contribution in [0, 0.1) is 6.92 Å². The van der Waals surface area contributed by atoms with Crippen LogP contribution in [0.3, 0.4) is 0 Å². The Morgan fingerprint density at radius 1 is 1.32 bits per heavy atom. The predicted octanol–water partition coefficient (Wildman–Crippen LogP) is 2.78. The third kappa shape index (κ3) is 4.24. The highest BCUT2D eigenvalue weighted by molar-refractivity contribution is 7.99. The van der Waals surface area contributed by atoms with E-state index in [0.29, 0.717) is 23.8 Å². The van der Waals surface area contributed by atoms with E-state index in [4.69, 9.17) is 4.52 Å². The fourth-order valence-electron chi connectivity index (χ4n) is 2.26. The first-order chi connectivity index (χ1) is 12.2. The van der Waals surface area contributed by atoms with Gasteiger partial charge in [-0.3, -0.25) is 9.78 Å². The third-order valence-corrected chi connectivity index (χ3v) is 4.40. The molecule has 3 aromatic heterocycles. The Morgan fingerprint density at radius 3 is 2.80 bits per heavy atom. The van der Waals surface area contributed by atoms with Gasteiger partial charge in [-0.2, -0.15) is 0 Å². The Kier molecular flexibility index (Phi) is 5.44. The smallest absolute Gasteiger partial charge is 0.226 e. The van der Waals surface area contributed by atoms with Crippen molar-refractivity contribution in [1.29, 1.82) is 0 Å². The fraction of sp³-hybridized carbons (Fsp3) is 0.312. The van der Waals surface area contributed by atoms with E-state index in [0.717, 1.165) is 23.1 Å². The molecule has 0 aliphatic rings. The number of hydrogen-bond donors (Lipinski definition) is 1. The number of anilines is 1. The summed E-state index contributed by atoms with van der Waals surface area (Å²) in [4.78, 5) is 16.0. The lowest BCUT2D eigenvalue weighted by atomic mass is 10.2. The van der Waals surface area contributed by atoms with Gasteiger partial charge in [0.15, 0.2) is 16.8 Å². The predicted molar refractivity (Wildman–Crippen MR) is 94.1 cm³/mol. The van der Waals surface area contributed by atoms with E-state index in [1.807, 2.05) is 23.6 Å². The molecule has 0 saturated carbocycles. The van der Waals surface area contributed by atoms with Crippen molar-refractivity contribution in [3.63, 3.8) is 0 Å². The number of aromatic nitrogens is 5. The standard InChI is InChI=1S/C16H18N6O2S/c1-3-22-15(12-4-7-17-8-5-12)19-20-16(22)25-9-6-14(23)18-13-10-11(2)24-21-13/h4-5,7-8,10H,3,6,9H2,1-2H3,(H,18,21,23). The fourth-order valence-corrected chi connectivity index (χ4v) is 3.20. The number of carbonyl (C=O) groups is 1. The molecule has 0 aliphatic heterocycles. The number of carbonyl (C=O) groups excluding carboxylic acids is 1. The van der Waals surface area contributed by atoms with E-state index in [-0.39, 0.29) is 5.91 Å². The summed E-state index contributed by atoms with van der Waals surface area (Å²) < 4.78 is 6.94. The Balaban J connectivity index is 1.58. The van der Waals surface area contributed by atoms with Gasteiger partial charge in [0.05, 0.1) is 0 Å². The molecule has 0 saturated heterocycles. The van der Waals surface area contributed by atoms with Crippen molar-refractivity contribution in [2.75, 3.05) is 11.1 Å². The van der Waals surface area contributed by atoms with Gasteiger partial charge in [-0.1, -0.05) is 16.9 Å². The lowest BCUT2D eigenvalue weighted by Crippen LogP contribution is -2.12. The molecule has 25 heavy (non-hydrogen) atoms. The summed E-state index contributed by atoms with van der Waals surface area (Å²) in [5.74, 6) is 2.37. The van der Waals surface area contributed by atoms with Gasteiger partial charge < -0.3 is 14.4 Å². The van der Waals surface area contributed by atoms with E-state index >= 15 is 0 Å². The molecule has 1 amide bonds. The second-order valence-electron chi connectivity index (χ2n) is 5.26. The highest BCUT2D eigenvalue weighted by atomic mass is 32.2. The van der Waals surface area contributed by atoms with Crippen LogP contribution < -0.4 is 5.32 Å². The molecule has 0 radical (unpaired) electrons. The van der Waals surface area contributed by atoms with Gasteiger partial charge in [-0.15, -0.1) is 10.2 Å². The maximum Gasteiger partial charge on any atom is 0.226 e. The molecule has 1 N–H and O–H groups in total. The Bertz CT molecular complexity index is 845. The normalized spacial score (nSPS) is 10.8. The van der Waals surface area contributed by atoms with Gasteiger partial charge in [0.1, 0.15) is 5.76 Å². The minimum Gasteiger partial charge on any atom is -0.360 e. The van der Waals surface area contributed by atoms with Gasteiger partial charge in [0, 0.05) is 42.7 Å². The molecule has 0 bridgehead atoms. The Hall–Kier alpha value is -2.68. The van der Waals surface area contributed by atoms with Crippen LogP contribution in [-0.2, 0) is 11.3 Å². The molecule has 0 spiro atoms. The molecule has 0 aromatic carbocycles. The minimum atomic E-state index is -0.113. The van der Waals surface area contributed by atoms with Gasteiger partial charge in [0.2, 0.25) is 5.91 Å². The molecule has 130 valence electrons. The van der Waals surface area contributed by atoms with Crippen LogP contribution in [-0.4, -0.2) is 36.6 Å².